The van der Waals surface area contributed by atoms with E-state index in [9.17, 15) is 4.79 Å². The molecule has 1 aliphatic heterocycles. The first-order valence-electron chi connectivity index (χ1n) is 6.79. The van der Waals surface area contributed by atoms with Crippen molar-refractivity contribution in [3.05, 3.63) is 23.0 Å². The van der Waals surface area contributed by atoms with Crippen molar-refractivity contribution in [1.82, 2.24) is 10.3 Å². The third kappa shape index (κ3) is 3.15. The number of carbonyl (C=O) groups is 1. The molecule has 0 bridgehead atoms. The molecule has 0 spiro atoms. The summed E-state index contributed by atoms with van der Waals surface area (Å²) in [5.74, 6) is 1.52. The number of furan rings is 1. The van der Waals surface area contributed by atoms with Crippen molar-refractivity contribution < 1.29 is 13.9 Å². The van der Waals surface area contributed by atoms with Gasteiger partial charge in [0.05, 0.1) is 12.3 Å². The molecule has 1 amide bonds. The van der Waals surface area contributed by atoms with Gasteiger partial charge >= 0.3 is 0 Å². The fraction of sp³-hybridized carbons (Fsp3) is 0.429. The van der Waals surface area contributed by atoms with Crippen LogP contribution < -0.4 is 10.6 Å². The van der Waals surface area contributed by atoms with Crippen LogP contribution in [0.5, 0.6) is 0 Å². The maximum absolute atomic E-state index is 12.1. The second kappa shape index (κ2) is 5.97. The second-order valence-corrected chi connectivity index (χ2v) is 5.78. The van der Waals surface area contributed by atoms with Gasteiger partial charge in [-0.2, -0.15) is 0 Å². The number of hydrogen-bond donors (Lipinski definition) is 2. The molecule has 2 N–H and O–H groups in total. The molecule has 3 heterocycles. The van der Waals surface area contributed by atoms with Crippen LogP contribution in [0.25, 0.3) is 11.3 Å². The molecule has 2 aromatic rings. The zero-order valence-corrected chi connectivity index (χ0v) is 12.8. The van der Waals surface area contributed by atoms with E-state index in [1.165, 1.54) is 11.3 Å². The molecule has 1 atom stereocenters. The van der Waals surface area contributed by atoms with Gasteiger partial charge in [0.1, 0.15) is 17.6 Å². The number of amides is 1. The number of aromatic nitrogens is 1. The third-order valence-electron chi connectivity index (χ3n) is 3.27. The Balaban J connectivity index is 1.70. The Kier molecular flexibility index (Phi) is 4.05. The van der Waals surface area contributed by atoms with Gasteiger partial charge in [-0.05, 0) is 19.9 Å². The van der Waals surface area contributed by atoms with Crippen LogP contribution >= 0.6 is 11.3 Å². The Morgan fingerprint density at radius 2 is 2.38 bits per heavy atom. The van der Waals surface area contributed by atoms with E-state index in [2.05, 4.69) is 15.6 Å². The molecule has 0 unspecified atom stereocenters. The number of anilines is 1. The summed E-state index contributed by atoms with van der Waals surface area (Å²) in [5, 5.41) is 8.41. The highest BCUT2D eigenvalue weighted by atomic mass is 32.1. The minimum absolute atomic E-state index is 0.164. The van der Waals surface area contributed by atoms with Gasteiger partial charge in [-0.3, -0.25) is 10.1 Å². The molecule has 6 nitrogen and oxygen atoms in total. The molecule has 0 radical (unpaired) electrons. The van der Waals surface area contributed by atoms with Crippen molar-refractivity contribution in [2.75, 3.05) is 25.0 Å². The summed E-state index contributed by atoms with van der Waals surface area (Å²) < 4.78 is 10.9. The van der Waals surface area contributed by atoms with Crippen LogP contribution in [0.3, 0.4) is 0 Å². The van der Waals surface area contributed by atoms with Crippen LogP contribution in [0.4, 0.5) is 5.13 Å². The zero-order valence-electron chi connectivity index (χ0n) is 11.9. The second-order valence-electron chi connectivity index (χ2n) is 4.92. The highest BCUT2D eigenvalue weighted by molar-refractivity contribution is 7.14. The quantitative estimate of drug-likeness (QED) is 0.906. The summed E-state index contributed by atoms with van der Waals surface area (Å²) in [5.41, 5.74) is 1.77. The van der Waals surface area contributed by atoms with E-state index < -0.39 is 6.10 Å². The Labute approximate surface area is 126 Å². The number of nitrogens with zero attached hydrogens (tertiary/aromatic N) is 1. The fourth-order valence-electron chi connectivity index (χ4n) is 2.26. The van der Waals surface area contributed by atoms with Crippen LogP contribution in [0.1, 0.15) is 11.5 Å². The van der Waals surface area contributed by atoms with Crippen molar-refractivity contribution in [3.63, 3.8) is 0 Å². The molecular weight excluding hydrogens is 290 g/mol. The van der Waals surface area contributed by atoms with Gasteiger partial charge in [0, 0.05) is 24.0 Å². The number of thiazole rings is 1. The van der Waals surface area contributed by atoms with E-state index in [-0.39, 0.29) is 5.91 Å². The van der Waals surface area contributed by atoms with Gasteiger partial charge in [0.15, 0.2) is 5.13 Å². The van der Waals surface area contributed by atoms with E-state index in [4.69, 9.17) is 9.15 Å². The number of carbonyl (C=O) groups excluding carboxylic acids is 1. The van der Waals surface area contributed by atoms with Crippen LogP contribution in [0.15, 0.2) is 15.9 Å². The van der Waals surface area contributed by atoms with Crippen molar-refractivity contribution in [2.45, 2.75) is 20.0 Å². The molecule has 2 aromatic heterocycles. The van der Waals surface area contributed by atoms with Crippen molar-refractivity contribution in [1.29, 1.82) is 0 Å². The SMILES string of the molecule is Cc1cc(-c2csc(NC(=O)[C@H]3CNCCO3)n2)c(C)o1. The highest BCUT2D eigenvalue weighted by Crippen LogP contribution is 2.29. The standard InChI is InChI=1S/C14H17N3O3S/c1-8-5-10(9(2)20-8)11-7-21-14(16-11)17-13(18)12-6-15-3-4-19-12/h5,7,12,15H,3-4,6H2,1-2H3,(H,16,17,18)/t12-/m1/s1. The van der Waals surface area contributed by atoms with Crippen LogP contribution in [0.2, 0.25) is 0 Å². The summed E-state index contributed by atoms with van der Waals surface area (Å²) in [6.45, 7) is 5.67. The molecule has 1 aliphatic rings. The maximum atomic E-state index is 12.1. The van der Waals surface area contributed by atoms with E-state index >= 15 is 0 Å². The summed E-state index contributed by atoms with van der Waals surface area (Å²) in [4.78, 5) is 16.5. The first-order valence-corrected chi connectivity index (χ1v) is 7.67. The number of aryl methyl sites for hydroxylation is 2. The summed E-state index contributed by atoms with van der Waals surface area (Å²) in [6.07, 6.45) is -0.455. The van der Waals surface area contributed by atoms with Crippen molar-refractivity contribution >= 4 is 22.4 Å². The predicted molar refractivity (Wildman–Crippen MR) is 80.5 cm³/mol. The normalized spacial score (nSPS) is 18.7. The summed E-state index contributed by atoms with van der Waals surface area (Å²) in [7, 11) is 0. The number of rotatable bonds is 3. The monoisotopic (exact) mass is 307 g/mol. The van der Waals surface area contributed by atoms with E-state index in [0.717, 1.165) is 29.3 Å². The van der Waals surface area contributed by atoms with Gasteiger partial charge in [-0.15, -0.1) is 11.3 Å². The number of morpholine rings is 1. The molecule has 1 fully saturated rings. The lowest BCUT2D eigenvalue weighted by molar-refractivity contribution is -0.128. The minimum atomic E-state index is -0.455. The van der Waals surface area contributed by atoms with Gasteiger partial charge in [-0.1, -0.05) is 0 Å². The molecule has 0 saturated carbocycles. The predicted octanol–water partition coefficient (Wildman–Crippen LogP) is 1.95. The van der Waals surface area contributed by atoms with E-state index in [1.54, 1.807) is 0 Å². The van der Waals surface area contributed by atoms with Crippen LogP contribution in [-0.4, -0.2) is 36.7 Å². The smallest absolute Gasteiger partial charge is 0.256 e. The van der Waals surface area contributed by atoms with Crippen molar-refractivity contribution in [3.8, 4) is 11.3 Å². The van der Waals surface area contributed by atoms with E-state index in [1.807, 2.05) is 25.3 Å². The van der Waals surface area contributed by atoms with Crippen LogP contribution in [0, 0.1) is 13.8 Å². The lowest BCUT2D eigenvalue weighted by Gasteiger charge is -2.22. The first-order chi connectivity index (χ1) is 10.1. The number of hydrogen-bond acceptors (Lipinski definition) is 6. The molecule has 1 saturated heterocycles. The molecule has 0 aliphatic carbocycles. The van der Waals surface area contributed by atoms with E-state index in [0.29, 0.717) is 18.3 Å². The Morgan fingerprint density at radius 1 is 1.52 bits per heavy atom. The average Bonchev–Trinajstić information content (AvgIpc) is 3.06. The fourth-order valence-corrected chi connectivity index (χ4v) is 2.97. The van der Waals surface area contributed by atoms with Crippen molar-refractivity contribution in [2.24, 2.45) is 0 Å². The Hall–Kier alpha value is -1.70. The molecule has 3 rings (SSSR count). The highest BCUT2D eigenvalue weighted by Gasteiger charge is 2.22. The summed E-state index contributed by atoms with van der Waals surface area (Å²) >= 11 is 1.39. The van der Waals surface area contributed by atoms with Gasteiger partial charge in [0.25, 0.3) is 5.91 Å². The molecule has 21 heavy (non-hydrogen) atoms. The minimum Gasteiger partial charge on any atom is -0.466 e. The molecule has 7 heteroatoms. The van der Waals surface area contributed by atoms with Gasteiger partial charge in [-0.25, -0.2) is 4.98 Å². The number of nitrogens with one attached hydrogen (secondary N) is 2. The number of ether oxygens (including phenoxy) is 1. The molecular formula is C14H17N3O3S. The first kappa shape index (κ1) is 14.2. The average molecular weight is 307 g/mol. The zero-order chi connectivity index (χ0) is 14.8. The largest absolute Gasteiger partial charge is 0.466 e. The Bertz CT molecular complexity index is 644. The third-order valence-corrected chi connectivity index (χ3v) is 4.03. The summed E-state index contributed by atoms with van der Waals surface area (Å²) in [6, 6.07) is 1.95. The van der Waals surface area contributed by atoms with Gasteiger partial charge < -0.3 is 14.5 Å². The van der Waals surface area contributed by atoms with Gasteiger partial charge in [0.2, 0.25) is 0 Å². The topological polar surface area (TPSA) is 76.4 Å². The lowest BCUT2D eigenvalue weighted by Crippen LogP contribution is -2.45. The Morgan fingerprint density at radius 3 is 3.05 bits per heavy atom. The maximum Gasteiger partial charge on any atom is 0.256 e. The lowest BCUT2D eigenvalue weighted by atomic mass is 10.2. The molecule has 0 aromatic carbocycles. The van der Waals surface area contributed by atoms with Crippen LogP contribution in [-0.2, 0) is 9.53 Å². The molecule has 112 valence electrons.